The van der Waals surface area contributed by atoms with E-state index in [9.17, 15) is 19.1 Å². The largest absolute Gasteiger partial charge is 0.448 e. The van der Waals surface area contributed by atoms with Crippen LogP contribution < -0.4 is 5.73 Å². The van der Waals surface area contributed by atoms with Crippen LogP contribution in [0.2, 0.25) is 0 Å². The Morgan fingerprint density at radius 1 is 1.26 bits per heavy atom. The summed E-state index contributed by atoms with van der Waals surface area (Å²) in [4.78, 5) is 30.3. The normalized spacial score (nSPS) is 39.5. The highest BCUT2D eigenvalue weighted by Gasteiger charge is 2.70. The van der Waals surface area contributed by atoms with E-state index < -0.39 is 28.2 Å². The van der Waals surface area contributed by atoms with E-state index in [4.69, 9.17) is 20.2 Å². The van der Waals surface area contributed by atoms with Gasteiger partial charge >= 0.3 is 5.97 Å². The lowest BCUT2D eigenvalue weighted by atomic mass is 9.45. The summed E-state index contributed by atoms with van der Waals surface area (Å²) >= 11 is 4.21. The first kappa shape index (κ1) is 28.1. The predicted molar refractivity (Wildman–Crippen MR) is 149 cm³/mol. The van der Waals surface area contributed by atoms with E-state index in [1.165, 1.54) is 24.8 Å². The van der Waals surface area contributed by atoms with Gasteiger partial charge in [0.2, 0.25) is 5.12 Å². The van der Waals surface area contributed by atoms with Crippen molar-refractivity contribution in [3.63, 3.8) is 0 Å². The van der Waals surface area contributed by atoms with Gasteiger partial charge in [0, 0.05) is 12.5 Å². The molecule has 0 radical (unpaired) electrons. The lowest BCUT2D eigenvalue weighted by Gasteiger charge is -2.60. The summed E-state index contributed by atoms with van der Waals surface area (Å²) in [6, 6.07) is 6.05. The number of fused-ring (bicyclic) bond motifs is 5. The highest BCUT2D eigenvalue weighted by Crippen LogP contribution is 2.68. The van der Waals surface area contributed by atoms with Crippen LogP contribution in [-0.2, 0) is 19.1 Å². The number of nitrogens with two attached hydrogens (primary N) is 1. The van der Waals surface area contributed by atoms with Crippen molar-refractivity contribution in [2.45, 2.75) is 64.1 Å². The summed E-state index contributed by atoms with van der Waals surface area (Å²) < 4.78 is 24.2. The maximum atomic E-state index is 13.4. The van der Waals surface area contributed by atoms with Gasteiger partial charge in [-0.2, -0.15) is 0 Å². The van der Waals surface area contributed by atoms with E-state index in [-0.39, 0.29) is 35.6 Å². The topological polar surface area (TPSA) is 111 Å². The minimum atomic E-state index is -1.40. The van der Waals surface area contributed by atoms with Crippen LogP contribution in [0.15, 0.2) is 52.7 Å². The molecule has 0 heterocycles. The number of aliphatic hydroxyl groups is 1. The molecule has 1 aromatic carbocycles. The van der Waals surface area contributed by atoms with Gasteiger partial charge in [-0.3, -0.25) is 4.79 Å². The monoisotopic (exact) mass is 556 g/mol. The van der Waals surface area contributed by atoms with E-state index >= 15 is 0 Å². The van der Waals surface area contributed by atoms with E-state index in [0.29, 0.717) is 31.4 Å². The van der Waals surface area contributed by atoms with Crippen LogP contribution in [0.5, 0.6) is 0 Å². The molecule has 5 rings (SSSR count). The summed E-state index contributed by atoms with van der Waals surface area (Å²) in [6.07, 6.45) is 6.66. The minimum Gasteiger partial charge on any atom is -0.448 e. The highest BCUT2D eigenvalue weighted by atomic mass is 32.1. The van der Waals surface area contributed by atoms with Crippen molar-refractivity contribution in [1.29, 1.82) is 0 Å². The van der Waals surface area contributed by atoms with Gasteiger partial charge in [0.1, 0.15) is 12.4 Å². The molecule has 0 aliphatic heterocycles. The van der Waals surface area contributed by atoms with Crippen molar-refractivity contribution in [1.82, 2.24) is 0 Å². The third kappa shape index (κ3) is 4.37. The zero-order valence-electron chi connectivity index (χ0n) is 22.7. The summed E-state index contributed by atoms with van der Waals surface area (Å²) in [5.74, 6) is -0.763. The van der Waals surface area contributed by atoms with Gasteiger partial charge in [0.05, 0.1) is 17.5 Å². The molecule has 1 aromatic rings. The molecular weight excluding hydrogens is 519 g/mol. The number of methoxy groups -OCH3 is 1. The molecule has 9 heteroatoms. The molecule has 0 spiro atoms. The molecule has 3 N–H and O–H groups in total. The Hall–Kier alpha value is -2.49. The maximum absolute atomic E-state index is 13.4. The number of thiol groups is 1. The molecule has 2 unspecified atom stereocenters. The Bertz CT molecular complexity index is 1260. The van der Waals surface area contributed by atoms with Gasteiger partial charge < -0.3 is 20.3 Å². The van der Waals surface area contributed by atoms with Crippen molar-refractivity contribution in [3.8, 4) is 0 Å². The molecule has 3 saturated carbocycles. The molecule has 39 heavy (non-hydrogen) atoms. The molecule has 3 fully saturated rings. The molecule has 0 saturated heterocycles. The fourth-order valence-electron chi connectivity index (χ4n) is 8.48. The second-order valence-corrected chi connectivity index (χ2v) is 12.4. The zero-order chi connectivity index (χ0) is 28.2. The van der Waals surface area contributed by atoms with Crippen molar-refractivity contribution in [2.24, 2.45) is 39.3 Å². The Morgan fingerprint density at radius 2 is 1.97 bits per heavy atom. The second-order valence-electron chi connectivity index (χ2n) is 12.0. The SMILES string of the molecule is COCC(=O)O[C@]1(C(=O)S)CCC2[C@@H]3CCC4=CC(=Nc5ccc(F)cc5)C(=CN)C[C@]4(C)C3[C@@H](O)C[C@@]21C. The zero-order valence-corrected chi connectivity index (χ0v) is 23.5. The number of carbonyl (C=O) groups is 2. The van der Waals surface area contributed by atoms with E-state index in [2.05, 4.69) is 25.6 Å². The van der Waals surface area contributed by atoms with Crippen LogP contribution in [0.4, 0.5) is 10.1 Å². The van der Waals surface area contributed by atoms with Crippen LogP contribution in [0.1, 0.15) is 52.4 Å². The standard InChI is InChI=1S/C30H37FN2O5S/c1-28-13-17(15-32)23(33-20-7-5-19(31)6-8-20)12-18(28)4-9-21-22-10-11-30(27(36)39,38-25(35)16-37-3)29(22,2)14-24(34)26(21)28/h5-8,12,15,21-22,24,26,34H,4,9-11,13-14,16,32H2,1-3H3,(H,36,39)/t21-,22?,24-,26?,28-,29-,30-/m0/s1. The Kier molecular flexibility index (Phi) is 7.31. The Morgan fingerprint density at radius 3 is 2.62 bits per heavy atom. The van der Waals surface area contributed by atoms with Crippen molar-refractivity contribution in [2.75, 3.05) is 13.7 Å². The highest BCUT2D eigenvalue weighted by molar-refractivity contribution is 7.96. The number of aliphatic imine (C=N–C) groups is 1. The molecular formula is C30H37FN2O5S. The molecule has 7 atom stereocenters. The maximum Gasteiger partial charge on any atom is 0.333 e. The van der Waals surface area contributed by atoms with Gasteiger partial charge in [-0.15, -0.1) is 12.6 Å². The van der Waals surface area contributed by atoms with Crippen molar-refractivity contribution < 1.29 is 28.6 Å². The van der Waals surface area contributed by atoms with Gasteiger partial charge in [0.15, 0.2) is 5.60 Å². The number of allylic oxidation sites excluding steroid dienone is 3. The van der Waals surface area contributed by atoms with E-state index in [1.807, 2.05) is 6.92 Å². The number of carbonyl (C=O) groups excluding carboxylic acids is 2. The summed E-state index contributed by atoms with van der Waals surface area (Å²) in [5, 5.41) is 11.3. The number of benzene rings is 1. The predicted octanol–water partition coefficient (Wildman–Crippen LogP) is 4.67. The van der Waals surface area contributed by atoms with E-state index in [1.54, 1.807) is 18.3 Å². The molecule has 210 valence electrons. The molecule has 0 bridgehead atoms. The summed E-state index contributed by atoms with van der Waals surface area (Å²) in [7, 11) is 1.41. The van der Waals surface area contributed by atoms with Crippen LogP contribution in [0.3, 0.4) is 0 Å². The average molecular weight is 557 g/mol. The minimum absolute atomic E-state index is 0.0570. The fourth-order valence-corrected chi connectivity index (χ4v) is 8.89. The van der Waals surface area contributed by atoms with E-state index in [0.717, 1.165) is 24.1 Å². The van der Waals surface area contributed by atoms with Gasteiger partial charge in [-0.25, -0.2) is 14.2 Å². The first-order chi connectivity index (χ1) is 18.5. The third-order valence-corrected chi connectivity index (χ3v) is 10.5. The number of ether oxygens (including phenoxy) is 2. The lowest BCUT2D eigenvalue weighted by Crippen LogP contribution is -2.62. The number of esters is 1. The molecule has 0 aromatic heterocycles. The molecule has 7 nitrogen and oxygen atoms in total. The summed E-state index contributed by atoms with van der Waals surface area (Å²) in [6.45, 7) is 3.93. The van der Waals surface area contributed by atoms with Crippen LogP contribution in [0.25, 0.3) is 0 Å². The molecule has 4 aliphatic rings. The number of hydrogen-bond donors (Lipinski definition) is 3. The Balaban J connectivity index is 1.50. The van der Waals surface area contributed by atoms with Crippen molar-refractivity contribution in [3.05, 3.63) is 53.5 Å². The molecule has 4 aliphatic carbocycles. The van der Waals surface area contributed by atoms with Crippen LogP contribution >= 0.6 is 12.6 Å². The smallest absolute Gasteiger partial charge is 0.333 e. The quantitative estimate of drug-likeness (QED) is 0.359. The second kappa shape index (κ2) is 10.2. The number of halogens is 1. The Labute approximate surface area is 234 Å². The fraction of sp³-hybridized carbons (Fsp3) is 0.567. The first-order valence-electron chi connectivity index (χ1n) is 13.6. The first-order valence-corrected chi connectivity index (χ1v) is 14.0. The van der Waals surface area contributed by atoms with Crippen molar-refractivity contribution >= 4 is 35.1 Å². The number of rotatable bonds is 5. The third-order valence-electron chi connectivity index (χ3n) is 10.2. The van der Waals surface area contributed by atoms with Crippen LogP contribution in [0, 0.1) is 34.4 Å². The number of hydrogen-bond acceptors (Lipinski definition) is 7. The van der Waals surface area contributed by atoms with Gasteiger partial charge in [0.25, 0.3) is 0 Å². The van der Waals surface area contributed by atoms with Crippen LogP contribution in [-0.4, -0.2) is 47.3 Å². The molecule has 0 amide bonds. The average Bonchev–Trinajstić information content (AvgIpc) is 3.17. The number of aliphatic hydroxyl groups excluding tert-OH is 1. The number of nitrogens with zero attached hydrogens (tertiary/aromatic N) is 1. The van der Waals surface area contributed by atoms with Gasteiger partial charge in [-0.05, 0) is 104 Å². The lowest BCUT2D eigenvalue weighted by molar-refractivity contribution is -0.198. The summed E-state index contributed by atoms with van der Waals surface area (Å²) in [5.41, 5.74) is 7.12. The van der Waals surface area contributed by atoms with Gasteiger partial charge in [-0.1, -0.05) is 19.4 Å².